The summed E-state index contributed by atoms with van der Waals surface area (Å²) in [6.07, 6.45) is 10.1. The zero-order valence-corrected chi connectivity index (χ0v) is 20.0. The molecule has 0 aromatic heterocycles. The van der Waals surface area contributed by atoms with Crippen molar-refractivity contribution in [3.63, 3.8) is 0 Å². The fraction of sp³-hybridized carbons (Fsp3) is 0.885. The number of carbonyl (C=O) groups excluding carboxylic acids is 2. The largest absolute Gasteiger partial charge is 0.480 e. The van der Waals surface area contributed by atoms with Crippen LogP contribution in [0.5, 0.6) is 0 Å². The quantitative estimate of drug-likeness (QED) is 0.587. The normalized spacial score (nSPS) is 44.0. The Labute approximate surface area is 192 Å². The molecular weight excluding hydrogens is 406 g/mol. The van der Waals surface area contributed by atoms with Crippen LogP contribution in [0.15, 0.2) is 0 Å². The first-order valence-electron chi connectivity index (χ1n) is 12.7. The van der Waals surface area contributed by atoms with Crippen LogP contribution >= 0.6 is 0 Å². The van der Waals surface area contributed by atoms with Crippen LogP contribution in [-0.4, -0.2) is 35.0 Å². The SMILES string of the molecule is CC(=O)[C@H]1CC[C@H]2[C@@H]3CC[C@@H]4C[C@H](OC(=O)CCC(N)C(=O)O)CC[C@]4(C)[C@H]3CC[C@]12C. The van der Waals surface area contributed by atoms with Crippen molar-refractivity contribution in [1.29, 1.82) is 0 Å². The molecule has 0 spiro atoms. The Hall–Kier alpha value is -1.43. The highest BCUT2D eigenvalue weighted by Crippen LogP contribution is 2.67. The number of hydrogen-bond donors (Lipinski definition) is 2. The van der Waals surface area contributed by atoms with E-state index in [1.54, 1.807) is 6.92 Å². The summed E-state index contributed by atoms with van der Waals surface area (Å²) in [5, 5.41) is 8.89. The number of aliphatic carboxylic acids is 1. The highest BCUT2D eigenvalue weighted by molar-refractivity contribution is 5.79. The smallest absolute Gasteiger partial charge is 0.320 e. The zero-order chi connectivity index (χ0) is 23.3. The average molecular weight is 448 g/mol. The summed E-state index contributed by atoms with van der Waals surface area (Å²) >= 11 is 0. The zero-order valence-electron chi connectivity index (χ0n) is 20.0. The van der Waals surface area contributed by atoms with Gasteiger partial charge in [-0.25, -0.2) is 0 Å². The van der Waals surface area contributed by atoms with Crippen molar-refractivity contribution >= 4 is 17.7 Å². The molecule has 0 aromatic carbocycles. The maximum Gasteiger partial charge on any atom is 0.320 e. The summed E-state index contributed by atoms with van der Waals surface area (Å²) in [4.78, 5) is 35.4. The Morgan fingerprint density at radius 2 is 1.69 bits per heavy atom. The number of carbonyl (C=O) groups is 3. The Kier molecular flexibility index (Phi) is 6.47. The Balaban J connectivity index is 1.37. The number of esters is 1. The third-order valence-electron chi connectivity index (χ3n) is 10.4. The Morgan fingerprint density at radius 1 is 1.00 bits per heavy atom. The molecule has 0 radical (unpaired) electrons. The predicted molar refractivity (Wildman–Crippen MR) is 121 cm³/mol. The van der Waals surface area contributed by atoms with Crippen LogP contribution in [0.2, 0.25) is 0 Å². The molecule has 6 nitrogen and oxygen atoms in total. The van der Waals surface area contributed by atoms with E-state index in [4.69, 9.17) is 15.6 Å². The standard InChI is InChI=1S/C26H41NO5/c1-15(28)19-6-7-20-18-5-4-16-14-17(32-23(29)9-8-22(27)24(30)31)10-12-25(16,2)21(18)11-13-26(19,20)3/h16-22H,4-14,27H2,1-3H3,(H,30,31)/t16-,17-,18+,19-,20+,21+,22?,25+,26-/m1/s1. The molecule has 4 aliphatic rings. The van der Waals surface area contributed by atoms with Gasteiger partial charge in [-0.15, -0.1) is 0 Å². The molecule has 0 aliphatic heterocycles. The van der Waals surface area contributed by atoms with E-state index in [-0.39, 0.29) is 36.2 Å². The summed E-state index contributed by atoms with van der Waals surface area (Å²) in [5.74, 6) is 1.95. The topological polar surface area (TPSA) is 107 Å². The number of nitrogens with two attached hydrogens (primary N) is 1. The summed E-state index contributed by atoms with van der Waals surface area (Å²) in [6, 6.07) is -1.01. The van der Waals surface area contributed by atoms with Gasteiger partial charge in [-0.05, 0) is 106 Å². The highest BCUT2D eigenvalue weighted by Gasteiger charge is 2.60. The number of hydrogen-bond acceptors (Lipinski definition) is 5. The highest BCUT2D eigenvalue weighted by atomic mass is 16.5. The number of carboxylic acid groups (broad SMARTS) is 1. The second-order valence-electron chi connectivity index (χ2n) is 11.8. The minimum atomic E-state index is -1.08. The van der Waals surface area contributed by atoms with Crippen LogP contribution in [0.3, 0.4) is 0 Å². The van der Waals surface area contributed by atoms with E-state index in [9.17, 15) is 14.4 Å². The summed E-state index contributed by atoms with van der Waals surface area (Å²) in [6.45, 7) is 6.67. The minimum absolute atomic E-state index is 0.0550. The van der Waals surface area contributed by atoms with Crippen LogP contribution in [0.4, 0.5) is 0 Å². The van der Waals surface area contributed by atoms with Gasteiger partial charge in [0.15, 0.2) is 0 Å². The van der Waals surface area contributed by atoms with E-state index in [1.807, 2.05) is 0 Å². The molecule has 3 N–H and O–H groups in total. The van der Waals surface area contributed by atoms with E-state index in [1.165, 1.54) is 32.1 Å². The molecule has 0 aromatic rings. The van der Waals surface area contributed by atoms with E-state index < -0.39 is 12.0 Å². The molecule has 180 valence electrons. The van der Waals surface area contributed by atoms with Gasteiger partial charge in [0.25, 0.3) is 0 Å². The fourth-order valence-electron chi connectivity index (χ4n) is 8.64. The monoisotopic (exact) mass is 447 g/mol. The lowest BCUT2D eigenvalue weighted by molar-refractivity contribution is -0.163. The molecule has 4 saturated carbocycles. The van der Waals surface area contributed by atoms with Crippen molar-refractivity contribution in [2.45, 2.75) is 104 Å². The molecule has 4 fully saturated rings. The molecule has 6 heteroatoms. The first-order chi connectivity index (χ1) is 15.1. The van der Waals surface area contributed by atoms with Crippen LogP contribution in [0.1, 0.15) is 91.4 Å². The van der Waals surface area contributed by atoms with Crippen molar-refractivity contribution in [1.82, 2.24) is 0 Å². The lowest BCUT2D eigenvalue weighted by Crippen LogP contribution is -2.54. The molecule has 4 rings (SSSR count). The maximum absolute atomic E-state index is 12.3. The van der Waals surface area contributed by atoms with Gasteiger partial charge in [0.05, 0.1) is 0 Å². The third-order valence-corrected chi connectivity index (χ3v) is 10.4. The predicted octanol–water partition coefficient (Wildman–Crippen LogP) is 4.34. The van der Waals surface area contributed by atoms with E-state index in [2.05, 4.69) is 13.8 Å². The van der Waals surface area contributed by atoms with E-state index >= 15 is 0 Å². The van der Waals surface area contributed by atoms with Crippen LogP contribution in [0.25, 0.3) is 0 Å². The summed E-state index contributed by atoms with van der Waals surface area (Å²) in [7, 11) is 0. The van der Waals surface area contributed by atoms with E-state index in [0.29, 0.717) is 23.0 Å². The van der Waals surface area contributed by atoms with Gasteiger partial charge < -0.3 is 15.6 Å². The molecule has 0 amide bonds. The van der Waals surface area contributed by atoms with Gasteiger partial charge in [-0.2, -0.15) is 0 Å². The number of rotatable bonds is 6. The molecule has 0 saturated heterocycles. The molecule has 1 unspecified atom stereocenters. The summed E-state index contributed by atoms with van der Waals surface area (Å²) in [5.41, 5.74) is 6.00. The van der Waals surface area contributed by atoms with Gasteiger partial charge >= 0.3 is 11.9 Å². The van der Waals surface area contributed by atoms with Crippen molar-refractivity contribution < 1.29 is 24.2 Å². The van der Waals surface area contributed by atoms with Gasteiger partial charge in [-0.3, -0.25) is 14.4 Å². The lowest BCUT2D eigenvalue weighted by atomic mass is 9.44. The second kappa shape index (κ2) is 8.73. The molecule has 0 heterocycles. The van der Waals surface area contributed by atoms with Crippen LogP contribution in [0, 0.1) is 40.4 Å². The number of carboxylic acids is 1. The molecule has 32 heavy (non-hydrogen) atoms. The summed E-state index contributed by atoms with van der Waals surface area (Å²) < 4.78 is 5.75. The van der Waals surface area contributed by atoms with Crippen molar-refractivity contribution in [2.75, 3.05) is 0 Å². The molecule has 9 atom stereocenters. The van der Waals surface area contributed by atoms with Gasteiger partial charge in [0, 0.05) is 12.3 Å². The van der Waals surface area contributed by atoms with Gasteiger partial charge in [0.2, 0.25) is 0 Å². The van der Waals surface area contributed by atoms with Gasteiger partial charge in [0.1, 0.15) is 17.9 Å². The van der Waals surface area contributed by atoms with Crippen molar-refractivity contribution in [3.8, 4) is 0 Å². The Bertz CT molecular complexity index is 767. The molecule has 0 bridgehead atoms. The van der Waals surface area contributed by atoms with Crippen molar-refractivity contribution in [3.05, 3.63) is 0 Å². The minimum Gasteiger partial charge on any atom is -0.480 e. The first-order valence-corrected chi connectivity index (χ1v) is 12.7. The number of Topliss-reactive ketones (excluding diaryl/α,β-unsaturated/α-hetero) is 1. The fourth-order valence-corrected chi connectivity index (χ4v) is 8.64. The average Bonchev–Trinajstić information content (AvgIpc) is 3.09. The number of fused-ring (bicyclic) bond motifs is 5. The lowest BCUT2D eigenvalue weighted by Gasteiger charge is -2.61. The molecular formula is C26H41NO5. The maximum atomic E-state index is 12.3. The van der Waals surface area contributed by atoms with Gasteiger partial charge in [-0.1, -0.05) is 13.8 Å². The van der Waals surface area contributed by atoms with Crippen LogP contribution < -0.4 is 5.73 Å². The number of ketones is 1. The first kappa shape index (κ1) is 23.7. The van der Waals surface area contributed by atoms with E-state index in [0.717, 1.165) is 37.5 Å². The Morgan fingerprint density at radius 3 is 2.38 bits per heavy atom. The number of ether oxygens (including phenoxy) is 1. The second-order valence-corrected chi connectivity index (χ2v) is 11.8. The van der Waals surface area contributed by atoms with Crippen molar-refractivity contribution in [2.24, 2.45) is 46.2 Å². The third kappa shape index (κ3) is 4.01. The van der Waals surface area contributed by atoms with Crippen LogP contribution in [-0.2, 0) is 19.1 Å². The molecule has 4 aliphatic carbocycles.